The molecule has 7 heteroatoms. The first kappa shape index (κ1) is 12.3. The van der Waals surface area contributed by atoms with Crippen molar-refractivity contribution in [1.29, 1.82) is 0 Å². The molecular weight excluding hydrogens is 299 g/mol. The molecule has 2 unspecified atom stereocenters. The van der Waals surface area contributed by atoms with Gasteiger partial charge in [0.25, 0.3) is 0 Å². The summed E-state index contributed by atoms with van der Waals surface area (Å²) in [7, 11) is 0. The van der Waals surface area contributed by atoms with Crippen molar-refractivity contribution in [2.75, 3.05) is 0 Å². The molecule has 0 aromatic heterocycles. The average Bonchev–Trinajstić information content (AvgIpc) is 2.08. The van der Waals surface area contributed by atoms with E-state index < -0.39 is 10.4 Å². The normalized spacial score (nSPS) is 34.5. The van der Waals surface area contributed by atoms with E-state index in [1.165, 1.54) is 12.2 Å². The van der Waals surface area contributed by atoms with Crippen LogP contribution in [0.1, 0.15) is 0 Å². The van der Waals surface area contributed by atoms with Gasteiger partial charge in [-0.1, -0.05) is 34.8 Å². The molecule has 0 heterocycles. The van der Waals surface area contributed by atoms with Crippen molar-refractivity contribution < 1.29 is 0 Å². The predicted octanol–water partition coefficient (Wildman–Crippen LogP) is 4.40. The largest absolute Gasteiger partial charge is 0.165 e. The molecule has 0 aliphatic heterocycles. The Morgan fingerprint density at radius 2 is 1.85 bits per heavy atom. The topological polar surface area (TPSA) is 3.24 Å². The minimum absolute atomic E-state index is 0.215. The van der Waals surface area contributed by atoms with Crippen LogP contribution in [0.2, 0.25) is 0 Å². The molecule has 0 N–H and O–H groups in total. The number of hydrogen-bond donors (Lipinski definition) is 0. The zero-order chi connectivity index (χ0) is 10.2. The summed E-state index contributed by atoms with van der Waals surface area (Å²) in [5.74, 6) is 0. The fourth-order valence-corrected chi connectivity index (χ4v) is 2.18. The third-order valence-corrected chi connectivity index (χ3v) is 4.40. The van der Waals surface area contributed by atoms with E-state index in [0.717, 1.165) is 3.94 Å². The Hall–Kier alpha value is 1.18. The van der Waals surface area contributed by atoms with E-state index in [1.807, 2.05) is 0 Å². The van der Waals surface area contributed by atoms with Crippen molar-refractivity contribution in [3.05, 3.63) is 22.2 Å². The molecule has 1 rings (SSSR count). The SMILES string of the molecule is ClC1=C(Cl)C(Cl)C(Cl)(N(Cl)Cl)C=C1. The van der Waals surface area contributed by atoms with E-state index in [1.54, 1.807) is 0 Å². The number of rotatable bonds is 1. The Labute approximate surface area is 106 Å². The Kier molecular flexibility index (Phi) is 4.11. The van der Waals surface area contributed by atoms with Gasteiger partial charge >= 0.3 is 0 Å². The maximum Gasteiger partial charge on any atom is 0.165 e. The summed E-state index contributed by atoms with van der Waals surface area (Å²) in [6.45, 7) is 0. The van der Waals surface area contributed by atoms with Crippen LogP contribution < -0.4 is 0 Å². The van der Waals surface area contributed by atoms with E-state index in [4.69, 9.17) is 70.0 Å². The lowest BCUT2D eigenvalue weighted by Crippen LogP contribution is -2.41. The highest BCUT2D eigenvalue weighted by Gasteiger charge is 2.43. The van der Waals surface area contributed by atoms with Crippen LogP contribution in [0.25, 0.3) is 0 Å². The van der Waals surface area contributed by atoms with Gasteiger partial charge in [0.05, 0.1) is 10.1 Å². The summed E-state index contributed by atoms with van der Waals surface area (Å²) in [5, 5.41) is -0.247. The Morgan fingerprint density at radius 3 is 2.31 bits per heavy atom. The highest BCUT2D eigenvalue weighted by molar-refractivity contribution is 6.49. The zero-order valence-corrected chi connectivity index (χ0v) is 10.5. The third-order valence-electron chi connectivity index (χ3n) is 1.53. The van der Waals surface area contributed by atoms with Crippen LogP contribution in [0.5, 0.6) is 0 Å². The van der Waals surface area contributed by atoms with Gasteiger partial charge in [-0.2, -0.15) is 0 Å². The fourth-order valence-electron chi connectivity index (χ4n) is 0.795. The van der Waals surface area contributed by atoms with Crippen LogP contribution >= 0.6 is 70.0 Å². The van der Waals surface area contributed by atoms with E-state index in [2.05, 4.69) is 0 Å². The molecule has 1 aliphatic carbocycles. The molecule has 13 heavy (non-hydrogen) atoms. The lowest BCUT2D eigenvalue weighted by molar-refractivity contribution is 0.516. The van der Waals surface area contributed by atoms with Crippen LogP contribution in [0.3, 0.4) is 0 Å². The number of nitrogens with zero attached hydrogens (tertiary/aromatic N) is 1. The Morgan fingerprint density at radius 1 is 1.31 bits per heavy atom. The zero-order valence-electron chi connectivity index (χ0n) is 5.95. The average molecular weight is 302 g/mol. The minimum atomic E-state index is -1.26. The van der Waals surface area contributed by atoms with Crippen LogP contribution in [-0.4, -0.2) is 14.3 Å². The quantitative estimate of drug-likeness (QED) is 0.394. The molecule has 0 saturated heterocycles. The van der Waals surface area contributed by atoms with Crippen LogP contribution in [0.4, 0.5) is 0 Å². The monoisotopic (exact) mass is 299 g/mol. The minimum Gasteiger partial charge on any atom is -0.113 e. The van der Waals surface area contributed by atoms with Gasteiger partial charge in [0.1, 0.15) is 5.38 Å². The summed E-state index contributed by atoms with van der Waals surface area (Å²) in [6.07, 6.45) is 2.97. The van der Waals surface area contributed by atoms with Crippen molar-refractivity contribution in [2.45, 2.75) is 10.4 Å². The molecular formula is C6H3Cl6N. The molecule has 0 aromatic carbocycles. The molecule has 0 radical (unpaired) electrons. The fraction of sp³-hybridized carbons (Fsp3) is 0.333. The lowest BCUT2D eigenvalue weighted by atomic mass is 10.1. The van der Waals surface area contributed by atoms with Crippen LogP contribution in [-0.2, 0) is 0 Å². The second kappa shape index (κ2) is 4.36. The summed E-state index contributed by atoms with van der Waals surface area (Å²) < 4.78 is 0.731. The van der Waals surface area contributed by atoms with Crippen LogP contribution in [0, 0.1) is 0 Å². The number of halogens is 6. The number of allylic oxidation sites excluding steroid dienone is 2. The van der Waals surface area contributed by atoms with Crippen LogP contribution in [0.15, 0.2) is 22.2 Å². The molecule has 2 atom stereocenters. The van der Waals surface area contributed by atoms with Gasteiger partial charge in [-0.3, -0.25) is 0 Å². The van der Waals surface area contributed by atoms with E-state index in [9.17, 15) is 0 Å². The van der Waals surface area contributed by atoms with Gasteiger partial charge in [-0.15, -0.1) is 15.5 Å². The maximum absolute atomic E-state index is 5.99. The summed E-state index contributed by atoms with van der Waals surface area (Å²) in [4.78, 5) is -1.26. The molecule has 0 spiro atoms. The lowest BCUT2D eigenvalue weighted by Gasteiger charge is -2.33. The predicted molar refractivity (Wildman–Crippen MR) is 59.6 cm³/mol. The standard InChI is InChI=1S/C6H3Cl6N/c7-3-1-2-6(10,13(11)12)5(9)4(3)8/h1-2,5H. The maximum atomic E-state index is 5.99. The first-order valence-corrected chi connectivity index (χ1v) is 5.33. The van der Waals surface area contributed by atoms with Crippen molar-refractivity contribution in [3.8, 4) is 0 Å². The second-order valence-electron chi connectivity index (χ2n) is 2.35. The molecule has 1 nitrogen and oxygen atoms in total. The summed E-state index contributed by atoms with van der Waals surface area (Å²) >= 11 is 34.4. The van der Waals surface area contributed by atoms with Gasteiger partial charge in [-0.25, -0.2) is 0 Å². The molecule has 0 bridgehead atoms. The summed E-state index contributed by atoms with van der Waals surface area (Å²) in [5.41, 5.74) is 0. The number of alkyl halides is 2. The first-order chi connectivity index (χ1) is 5.89. The van der Waals surface area contributed by atoms with Gasteiger partial charge in [0, 0.05) is 0 Å². The Bertz CT molecular complexity index is 272. The van der Waals surface area contributed by atoms with Gasteiger partial charge in [0.2, 0.25) is 0 Å². The van der Waals surface area contributed by atoms with Gasteiger partial charge in [0.15, 0.2) is 5.00 Å². The second-order valence-corrected chi connectivity index (χ2v) is 5.06. The van der Waals surface area contributed by atoms with Crippen molar-refractivity contribution in [3.63, 3.8) is 0 Å². The molecule has 0 fully saturated rings. The third kappa shape index (κ3) is 2.23. The smallest absolute Gasteiger partial charge is 0.113 e. The molecule has 74 valence electrons. The highest BCUT2D eigenvalue weighted by Crippen LogP contribution is 2.43. The van der Waals surface area contributed by atoms with E-state index >= 15 is 0 Å². The highest BCUT2D eigenvalue weighted by atomic mass is 35.5. The van der Waals surface area contributed by atoms with Crippen molar-refractivity contribution in [2.24, 2.45) is 0 Å². The molecule has 0 aromatic rings. The van der Waals surface area contributed by atoms with Crippen molar-refractivity contribution in [1.82, 2.24) is 3.94 Å². The number of hydrogen-bond acceptors (Lipinski definition) is 1. The van der Waals surface area contributed by atoms with Gasteiger partial charge < -0.3 is 0 Å². The molecule has 0 amide bonds. The molecule has 1 aliphatic rings. The molecule has 0 saturated carbocycles. The first-order valence-electron chi connectivity index (χ1n) is 3.08. The van der Waals surface area contributed by atoms with E-state index in [0.29, 0.717) is 5.03 Å². The van der Waals surface area contributed by atoms with E-state index in [-0.39, 0.29) is 5.03 Å². The van der Waals surface area contributed by atoms with Gasteiger partial charge in [-0.05, 0) is 35.7 Å². The van der Waals surface area contributed by atoms with Crippen molar-refractivity contribution >= 4 is 70.0 Å². The summed E-state index contributed by atoms with van der Waals surface area (Å²) in [6, 6.07) is 0. The Balaban J connectivity index is 3.05.